The molecule has 2 aliphatic rings. The second-order valence-corrected chi connectivity index (χ2v) is 21.0. The van der Waals surface area contributed by atoms with Crippen LogP contribution in [0.1, 0.15) is 137 Å². The molecule has 2 heterocycles. The monoisotopic (exact) mass is 999 g/mol. The van der Waals surface area contributed by atoms with E-state index in [2.05, 4.69) is 38.1 Å². The molecule has 0 radical (unpaired) electrons. The molecule has 0 aromatic heterocycles. The molecule has 2 fully saturated rings. The van der Waals surface area contributed by atoms with E-state index in [9.17, 15) is 33.6 Å². The highest BCUT2D eigenvalue weighted by atomic mass is 16.7. The molecule has 2 aliphatic heterocycles. The molecule has 4 rings (SSSR count). The zero-order chi connectivity index (χ0) is 53.1. The topological polar surface area (TPSA) is 160 Å². The maximum Gasteiger partial charge on any atom is 0.333 e. The van der Waals surface area contributed by atoms with Gasteiger partial charge in [-0.3, -0.25) is 33.7 Å². The molecule has 0 saturated carbocycles. The Hall–Kier alpha value is -5.05. The SMILES string of the molecule is CC[C@H](C)[C@@H]([C@@H](CC(=O)N1CCC[C@H]1[C@H](OC)[C@@H](C)C(=O)C[C@H](/C=C/c1ccccc1)Cc1ccccc1)OC)N(C)C(=O)[C@@H](CC(=O)[C@H](C(C)C)N(C)CCCCCC(=O)ON1C(=O)CCC1=O)C(C)C. The molecule has 14 nitrogen and oxygen atoms in total. The number of benzene rings is 2. The number of carbonyl (C=O) groups excluding carboxylic acids is 7. The summed E-state index contributed by atoms with van der Waals surface area (Å²) in [4.78, 5) is 104. The number of imide groups is 1. The van der Waals surface area contributed by atoms with E-state index in [0.29, 0.717) is 56.7 Å². The standard InChI is InChI=1S/C58H86N4O10/c1-12-41(6)56(60(9)58(69)46(39(2)3)37-49(64)55(40(4)5)59(8)33-21-15-20-28-54(68)72-62-51(65)31-32-52(62)66)50(70-10)38-53(67)61-34-22-27-47(61)57(71-11)42(7)48(63)36-45(35-44-25-18-14-19-26-44)30-29-43-23-16-13-17-24-43/h13-14,16-19,23-26,29-30,39-42,45-47,50,55-57H,12,15,20-22,27-28,31-38H2,1-11H3/b30-29+/t41-,42-,45+,46-,47-,50+,55-,56-,57+/m0/s1. The number of unbranched alkanes of at least 4 members (excludes halogenated alkanes) is 2. The van der Waals surface area contributed by atoms with Gasteiger partial charge in [0.25, 0.3) is 11.8 Å². The van der Waals surface area contributed by atoms with Crippen molar-refractivity contribution >= 4 is 47.2 Å². The lowest BCUT2D eigenvalue weighted by Gasteiger charge is -2.41. The van der Waals surface area contributed by atoms with Crippen molar-refractivity contribution in [3.63, 3.8) is 0 Å². The number of hydrogen-bond donors (Lipinski definition) is 0. The number of likely N-dealkylation sites (tertiary alicyclic amines) is 1. The zero-order valence-electron chi connectivity index (χ0n) is 45.3. The Kier molecular flexibility index (Phi) is 24.5. The number of hydroxylamine groups is 2. The number of carbonyl (C=O) groups is 7. The number of rotatable bonds is 31. The summed E-state index contributed by atoms with van der Waals surface area (Å²) >= 11 is 0. The van der Waals surface area contributed by atoms with E-state index < -0.39 is 53.9 Å². The van der Waals surface area contributed by atoms with Crippen LogP contribution in [-0.4, -0.2) is 133 Å². The summed E-state index contributed by atoms with van der Waals surface area (Å²) in [6.45, 7) is 15.1. The van der Waals surface area contributed by atoms with Crippen LogP contribution >= 0.6 is 0 Å². The second kappa shape index (κ2) is 29.6. The van der Waals surface area contributed by atoms with Gasteiger partial charge in [0.1, 0.15) is 5.78 Å². The lowest BCUT2D eigenvalue weighted by molar-refractivity contribution is -0.197. The lowest BCUT2D eigenvalue weighted by atomic mass is 9.83. The summed E-state index contributed by atoms with van der Waals surface area (Å²) in [6, 6.07) is 19.1. The number of allylic oxidation sites excluding steroid dienone is 1. The second-order valence-electron chi connectivity index (χ2n) is 21.0. The van der Waals surface area contributed by atoms with Gasteiger partial charge in [-0.05, 0) is 80.5 Å². The van der Waals surface area contributed by atoms with Crippen molar-refractivity contribution in [2.75, 3.05) is 41.4 Å². The van der Waals surface area contributed by atoms with Gasteiger partial charge in [-0.25, -0.2) is 4.79 Å². The van der Waals surface area contributed by atoms with E-state index in [4.69, 9.17) is 14.3 Å². The molecule has 2 aromatic carbocycles. The third-order valence-electron chi connectivity index (χ3n) is 15.1. The summed E-state index contributed by atoms with van der Waals surface area (Å²) < 4.78 is 12.3. The van der Waals surface area contributed by atoms with Crippen LogP contribution in [0.3, 0.4) is 0 Å². The van der Waals surface area contributed by atoms with E-state index in [1.165, 1.54) is 0 Å². The third kappa shape index (κ3) is 17.0. The number of ether oxygens (including phenoxy) is 2. The molecular weight excluding hydrogens is 913 g/mol. The molecule has 0 bridgehead atoms. The van der Waals surface area contributed by atoms with Gasteiger partial charge in [0.2, 0.25) is 11.8 Å². The van der Waals surface area contributed by atoms with Crippen molar-refractivity contribution in [3.05, 3.63) is 77.9 Å². The number of nitrogens with zero attached hydrogens (tertiary/aromatic N) is 4. The van der Waals surface area contributed by atoms with E-state index in [0.717, 1.165) is 24.0 Å². The molecule has 14 heteroatoms. The molecule has 0 spiro atoms. The van der Waals surface area contributed by atoms with Crippen LogP contribution in [0.2, 0.25) is 0 Å². The van der Waals surface area contributed by atoms with Crippen molar-refractivity contribution < 1.29 is 47.9 Å². The van der Waals surface area contributed by atoms with Crippen molar-refractivity contribution in [3.8, 4) is 0 Å². The first-order chi connectivity index (χ1) is 34.3. The maximum atomic E-state index is 14.7. The summed E-state index contributed by atoms with van der Waals surface area (Å²) in [5.41, 5.74) is 2.23. The molecule has 9 atom stereocenters. The first-order valence-electron chi connectivity index (χ1n) is 26.5. The molecular formula is C58H86N4O10. The Balaban J connectivity index is 1.40. The highest BCUT2D eigenvalue weighted by molar-refractivity contribution is 6.01. The van der Waals surface area contributed by atoms with Crippen molar-refractivity contribution in [1.29, 1.82) is 0 Å². The van der Waals surface area contributed by atoms with Gasteiger partial charge in [-0.15, -0.1) is 5.06 Å². The minimum atomic E-state index is -0.636. The zero-order valence-corrected chi connectivity index (χ0v) is 45.3. The Morgan fingerprint density at radius 3 is 2.00 bits per heavy atom. The predicted octanol–water partition coefficient (Wildman–Crippen LogP) is 8.79. The number of methoxy groups -OCH3 is 2. The maximum absolute atomic E-state index is 14.7. The van der Waals surface area contributed by atoms with E-state index >= 15 is 0 Å². The fraction of sp³-hybridized carbons (Fsp3) is 0.638. The van der Waals surface area contributed by atoms with Crippen LogP contribution < -0.4 is 0 Å². The Morgan fingerprint density at radius 2 is 1.42 bits per heavy atom. The van der Waals surface area contributed by atoms with Crippen LogP contribution in [0.5, 0.6) is 0 Å². The minimum Gasteiger partial charge on any atom is -0.379 e. The number of likely N-dealkylation sites (N-methyl/N-ethyl adjacent to an activating group) is 2. The highest BCUT2D eigenvalue weighted by Crippen LogP contribution is 2.32. The van der Waals surface area contributed by atoms with Crippen LogP contribution in [0.15, 0.2) is 66.7 Å². The summed E-state index contributed by atoms with van der Waals surface area (Å²) in [6.07, 6.45) is 8.44. The normalized spacial score (nSPS) is 18.6. The summed E-state index contributed by atoms with van der Waals surface area (Å²) in [7, 11) is 6.89. The van der Waals surface area contributed by atoms with Gasteiger partial charge >= 0.3 is 5.97 Å². The van der Waals surface area contributed by atoms with Gasteiger partial charge in [0.05, 0.1) is 36.8 Å². The Bertz CT molecular complexity index is 2080. The molecule has 2 aromatic rings. The van der Waals surface area contributed by atoms with E-state index in [1.807, 2.05) is 100.0 Å². The highest BCUT2D eigenvalue weighted by Gasteiger charge is 2.43. The van der Waals surface area contributed by atoms with Crippen molar-refractivity contribution in [2.24, 2.45) is 35.5 Å². The van der Waals surface area contributed by atoms with Gasteiger partial charge in [0.15, 0.2) is 5.78 Å². The fourth-order valence-corrected chi connectivity index (χ4v) is 10.8. The predicted molar refractivity (Wildman–Crippen MR) is 280 cm³/mol. The van der Waals surface area contributed by atoms with Crippen LogP contribution in [-0.2, 0) is 54.3 Å². The average Bonchev–Trinajstić information content (AvgIpc) is 3.97. The Morgan fingerprint density at radius 1 is 0.778 bits per heavy atom. The third-order valence-corrected chi connectivity index (χ3v) is 15.1. The van der Waals surface area contributed by atoms with Crippen LogP contribution in [0.25, 0.3) is 6.08 Å². The first kappa shape index (κ1) is 59.5. The molecule has 72 heavy (non-hydrogen) atoms. The fourth-order valence-electron chi connectivity index (χ4n) is 10.8. The van der Waals surface area contributed by atoms with E-state index in [-0.39, 0.29) is 85.2 Å². The number of hydrogen-bond acceptors (Lipinski definition) is 11. The average molecular weight is 999 g/mol. The summed E-state index contributed by atoms with van der Waals surface area (Å²) in [5, 5.41) is 0.564. The lowest BCUT2D eigenvalue weighted by Crippen LogP contribution is -2.54. The first-order valence-corrected chi connectivity index (χ1v) is 26.5. The molecule has 4 amide bonds. The molecule has 0 aliphatic carbocycles. The number of amides is 4. The largest absolute Gasteiger partial charge is 0.379 e. The van der Waals surface area contributed by atoms with Crippen LogP contribution in [0.4, 0.5) is 0 Å². The van der Waals surface area contributed by atoms with Gasteiger partial charge < -0.3 is 24.1 Å². The Labute approximate surface area is 430 Å². The number of Topliss-reactive ketones (excluding diaryl/α,β-unsaturated/α-hetero) is 2. The smallest absolute Gasteiger partial charge is 0.333 e. The van der Waals surface area contributed by atoms with Gasteiger partial charge in [-0.2, -0.15) is 0 Å². The van der Waals surface area contributed by atoms with E-state index in [1.54, 1.807) is 26.2 Å². The van der Waals surface area contributed by atoms with Gasteiger partial charge in [-0.1, -0.05) is 134 Å². The number of ketones is 2. The van der Waals surface area contributed by atoms with Gasteiger partial charge in [0, 0.05) is 71.8 Å². The molecule has 398 valence electrons. The van der Waals surface area contributed by atoms with Crippen LogP contribution in [0, 0.1) is 35.5 Å². The molecule has 0 N–H and O–H groups in total. The van der Waals surface area contributed by atoms with Crippen molar-refractivity contribution in [1.82, 2.24) is 19.8 Å². The molecule has 0 unspecified atom stereocenters. The molecule has 2 saturated heterocycles. The minimum absolute atomic E-state index is 0.0223. The summed E-state index contributed by atoms with van der Waals surface area (Å²) in [5.74, 6) is -3.19. The van der Waals surface area contributed by atoms with Crippen molar-refractivity contribution in [2.45, 2.75) is 162 Å². The quantitative estimate of drug-likeness (QED) is 0.0525.